The van der Waals surface area contributed by atoms with Gasteiger partial charge < -0.3 is 10.1 Å². The molecule has 0 bridgehead atoms. The van der Waals surface area contributed by atoms with Crippen LogP contribution in [0.1, 0.15) is 50.9 Å². The van der Waals surface area contributed by atoms with Crippen molar-refractivity contribution in [2.24, 2.45) is 14.1 Å². The summed E-state index contributed by atoms with van der Waals surface area (Å²) in [5.74, 6) is -0.677. The average Bonchev–Trinajstić information content (AvgIpc) is 3.33. The van der Waals surface area contributed by atoms with E-state index in [0.29, 0.717) is 28.0 Å². The van der Waals surface area contributed by atoms with Gasteiger partial charge in [0.25, 0.3) is 11.1 Å². The first-order chi connectivity index (χ1) is 22.3. The second kappa shape index (κ2) is 12.2. The van der Waals surface area contributed by atoms with Crippen LogP contribution in [0.3, 0.4) is 0 Å². The van der Waals surface area contributed by atoms with Crippen molar-refractivity contribution in [1.29, 1.82) is 0 Å². The molecule has 1 fully saturated rings. The third-order valence-electron chi connectivity index (χ3n) is 8.42. The van der Waals surface area contributed by atoms with Gasteiger partial charge in [-0.3, -0.25) is 24.0 Å². The molecule has 0 aliphatic carbocycles. The van der Waals surface area contributed by atoms with Crippen LogP contribution in [-0.2, 0) is 42.2 Å². The van der Waals surface area contributed by atoms with E-state index in [-0.39, 0.29) is 34.3 Å². The van der Waals surface area contributed by atoms with Gasteiger partial charge in [-0.25, -0.2) is 9.07 Å². The van der Waals surface area contributed by atoms with E-state index in [1.54, 1.807) is 35.0 Å². The molecule has 13 heteroatoms. The molecular formula is C34H37FN8O4. The Morgan fingerprint density at radius 3 is 2.47 bits per heavy atom. The topological polar surface area (TPSA) is 129 Å². The van der Waals surface area contributed by atoms with Crippen LogP contribution in [0.5, 0.6) is 0 Å². The molecule has 0 saturated carbocycles. The Morgan fingerprint density at radius 2 is 1.79 bits per heavy atom. The maximum Gasteiger partial charge on any atom is 0.302 e. The molecule has 1 saturated heterocycles. The standard InChI is InChI=1S/C34H37FN8O4/c1-20(44)47-19-25-24(9-7-10-29(25)43-33(46)31-21(17-36-43)13-22(14-26(31)35)34(2,3)4)27-16-28(32(45)41(6)38-27)37-30-15-23(40(5)39-30)18-42-11-8-12-42/h7,9-10,13-17H,8,11-12,18-19H2,1-6H3,(H,37,39). The molecule has 244 valence electrons. The van der Waals surface area contributed by atoms with E-state index < -0.39 is 17.3 Å². The van der Waals surface area contributed by atoms with Gasteiger partial charge in [-0.2, -0.15) is 20.0 Å². The minimum Gasteiger partial charge on any atom is -0.461 e. The Morgan fingerprint density at radius 1 is 1.02 bits per heavy atom. The Bertz CT molecular complexity index is 2140. The molecular weight excluding hydrogens is 603 g/mol. The summed E-state index contributed by atoms with van der Waals surface area (Å²) in [5, 5.41) is 16.9. The molecule has 12 nitrogen and oxygen atoms in total. The van der Waals surface area contributed by atoms with Gasteiger partial charge in [0.05, 0.1) is 28.7 Å². The van der Waals surface area contributed by atoms with Crippen molar-refractivity contribution in [1.82, 2.24) is 34.2 Å². The van der Waals surface area contributed by atoms with Crippen LogP contribution in [0.15, 0.2) is 58.3 Å². The van der Waals surface area contributed by atoms with Crippen molar-refractivity contribution >= 4 is 28.2 Å². The summed E-state index contributed by atoms with van der Waals surface area (Å²) in [4.78, 5) is 41.2. The van der Waals surface area contributed by atoms with Gasteiger partial charge >= 0.3 is 5.97 Å². The van der Waals surface area contributed by atoms with Crippen LogP contribution >= 0.6 is 0 Å². The van der Waals surface area contributed by atoms with Crippen molar-refractivity contribution in [3.8, 4) is 16.9 Å². The number of nitrogens with one attached hydrogen (secondary N) is 1. The number of esters is 1. The minimum atomic E-state index is -0.665. The molecule has 5 aromatic rings. The van der Waals surface area contributed by atoms with Crippen molar-refractivity contribution in [3.05, 3.63) is 92.0 Å². The number of ether oxygens (including phenoxy) is 1. The SMILES string of the molecule is CC(=O)OCc1c(-c2cc(Nc3cc(CN4CCC4)n(C)n3)c(=O)n(C)n2)cccc1-n1ncc2cc(C(C)(C)C)cc(F)c2c1=O. The van der Waals surface area contributed by atoms with E-state index in [2.05, 4.69) is 25.5 Å². The molecule has 1 N–H and O–H groups in total. The number of likely N-dealkylation sites (tertiary alicyclic amines) is 1. The van der Waals surface area contributed by atoms with Crippen LogP contribution < -0.4 is 16.4 Å². The van der Waals surface area contributed by atoms with Gasteiger partial charge in [0.15, 0.2) is 5.82 Å². The van der Waals surface area contributed by atoms with Crippen molar-refractivity contribution < 1.29 is 13.9 Å². The molecule has 0 amide bonds. The largest absolute Gasteiger partial charge is 0.461 e. The molecule has 6 rings (SSSR count). The Balaban J connectivity index is 1.45. The van der Waals surface area contributed by atoms with E-state index in [1.807, 2.05) is 33.9 Å². The van der Waals surface area contributed by atoms with E-state index in [4.69, 9.17) is 4.74 Å². The number of halogens is 1. The van der Waals surface area contributed by atoms with Crippen LogP contribution in [-0.4, -0.2) is 53.3 Å². The molecule has 0 unspecified atom stereocenters. The number of aryl methyl sites for hydroxylation is 2. The first kappa shape index (κ1) is 31.8. The molecule has 0 atom stereocenters. The highest BCUT2D eigenvalue weighted by Gasteiger charge is 2.22. The highest BCUT2D eigenvalue weighted by atomic mass is 19.1. The quantitative estimate of drug-likeness (QED) is 0.247. The monoisotopic (exact) mass is 640 g/mol. The second-order valence-corrected chi connectivity index (χ2v) is 12.9. The number of nitrogens with zero attached hydrogens (tertiary/aromatic N) is 7. The van der Waals surface area contributed by atoms with Crippen molar-refractivity contribution in [2.75, 3.05) is 18.4 Å². The Labute approximate surface area is 270 Å². The molecule has 1 aliphatic rings. The van der Waals surface area contributed by atoms with E-state index in [1.165, 1.54) is 37.3 Å². The summed E-state index contributed by atoms with van der Waals surface area (Å²) in [6, 6.07) is 11.7. The van der Waals surface area contributed by atoms with Gasteiger partial charge in [-0.1, -0.05) is 32.9 Å². The van der Waals surface area contributed by atoms with Crippen LogP contribution in [0.4, 0.5) is 15.9 Å². The fraction of sp³-hybridized carbons (Fsp3) is 0.353. The number of anilines is 2. The molecule has 0 spiro atoms. The lowest BCUT2D eigenvalue weighted by Crippen LogP contribution is -2.36. The number of aromatic nitrogens is 6. The number of benzene rings is 2. The van der Waals surface area contributed by atoms with Crippen LogP contribution in [0.25, 0.3) is 27.7 Å². The van der Waals surface area contributed by atoms with Crippen molar-refractivity contribution in [2.45, 2.75) is 52.7 Å². The Hall–Kier alpha value is -5.17. The van der Waals surface area contributed by atoms with Crippen LogP contribution in [0, 0.1) is 5.82 Å². The van der Waals surface area contributed by atoms with Gasteiger partial charge in [-0.05, 0) is 54.8 Å². The summed E-state index contributed by atoms with van der Waals surface area (Å²) < 4.78 is 25.0. The predicted molar refractivity (Wildman–Crippen MR) is 176 cm³/mol. The molecule has 1 aliphatic heterocycles. The minimum absolute atomic E-state index is 0.104. The maximum atomic E-state index is 15.5. The summed E-state index contributed by atoms with van der Waals surface area (Å²) in [6.07, 6.45) is 2.63. The normalized spacial score (nSPS) is 13.5. The number of hydrogen-bond acceptors (Lipinski definition) is 9. The van der Waals surface area contributed by atoms with E-state index in [9.17, 15) is 14.4 Å². The molecule has 2 aromatic carbocycles. The predicted octanol–water partition coefficient (Wildman–Crippen LogP) is 4.33. The lowest BCUT2D eigenvalue weighted by atomic mass is 9.86. The number of rotatable bonds is 8. The number of carbonyl (C=O) groups excluding carboxylic acids is 1. The maximum absolute atomic E-state index is 15.5. The number of hydrogen-bond donors (Lipinski definition) is 1. The van der Waals surface area contributed by atoms with Crippen molar-refractivity contribution in [3.63, 3.8) is 0 Å². The van der Waals surface area contributed by atoms with Gasteiger partial charge in [0, 0.05) is 50.1 Å². The fourth-order valence-corrected chi connectivity index (χ4v) is 5.63. The van der Waals surface area contributed by atoms with E-state index >= 15 is 4.39 Å². The number of fused-ring (bicyclic) bond motifs is 1. The summed E-state index contributed by atoms with van der Waals surface area (Å²) in [5.41, 5.74) is 2.13. The lowest BCUT2D eigenvalue weighted by Gasteiger charge is -2.30. The summed E-state index contributed by atoms with van der Waals surface area (Å²) in [7, 11) is 3.39. The van der Waals surface area contributed by atoms with E-state index in [0.717, 1.165) is 35.6 Å². The fourth-order valence-electron chi connectivity index (χ4n) is 5.63. The van der Waals surface area contributed by atoms with Gasteiger partial charge in [0.1, 0.15) is 18.1 Å². The smallest absolute Gasteiger partial charge is 0.302 e. The summed E-state index contributed by atoms with van der Waals surface area (Å²) in [6.45, 7) is 9.80. The summed E-state index contributed by atoms with van der Waals surface area (Å²) >= 11 is 0. The van der Waals surface area contributed by atoms with Gasteiger partial charge in [-0.15, -0.1) is 0 Å². The molecule has 47 heavy (non-hydrogen) atoms. The molecule has 3 aromatic heterocycles. The van der Waals surface area contributed by atoms with Crippen LogP contribution in [0.2, 0.25) is 0 Å². The zero-order chi connectivity index (χ0) is 33.6. The number of carbonyl (C=O) groups is 1. The zero-order valence-electron chi connectivity index (χ0n) is 27.3. The average molecular weight is 641 g/mol. The lowest BCUT2D eigenvalue weighted by molar-refractivity contribution is -0.142. The van der Waals surface area contributed by atoms with Gasteiger partial charge in [0.2, 0.25) is 0 Å². The third-order valence-corrected chi connectivity index (χ3v) is 8.42. The highest BCUT2D eigenvalue weighted by molar-refractivity contribution is 5.83. The Kier molecular flexibility index (Phi) is 8.26. The molecule has 0 radical (unpaired) electrons. The first-order valence-corrected chi connectivity index (χ1v) is 15.4. The highest BCUT2D eigenvalue weighted by Crippen LogP contribution is 2.30. The third kappa shape index (κ3) is 6.30. The molecule has 4 heterocycles. The zero-order valence-corrected chi connectivity index (χ0v) is 27.3. The second-order valence-electron chi connectivity index (χ2n) is 12.9. The first-order valence-electron chi connectivity index (χ1n) is 15.4.